The molecule has 2 aliphatic rings. The first-order valence-corrected chi connectivity index (χ1v) is 9.88. The first kappa shape index (κ1) is 18.8. The lowest BCUT2D eigenvalue weighted by Crippen LogP contribution is -3.13. The molecule has 2 aromatic rings. The predicted octanol–water partition coefficient (Wildman–Crippen LogP) is 1.36. The summed E-state index contributed by atoms with van der Waals surface area (Å²) >= 11 is 6.06. The standard InChI is InChI=1S/C21H22ClN3O3/c22-16-5-3-4-15(12-16)14-24-8-10-25(11-9-24)20(26)13-19-21(27)23-17-6-1-2-7-18(17)28-19/h1-7,12,19H,8-11,13-14H2,(H,23,27)/p+1/t19-/m1/s1. The van der Waals surface area contributed by atoms with Gasteiger partial charge < -0.3 is 19.9 Å². The number of carbonyl (C=O) groups excluding carboxylic acids is 2. The third-order valence-electron chi connectivity index (χ3n) is 5.23. The summed E-state index contributed by atoms with van der Waals surface area (Å²) < 4.78 is 5.74. The lowest BCUT2D eigenvalue weighted by Gasteiger charge is -2.33. The first-order valence-electron chi connectivity index (χ1n) is 9.51. The largest absolute Gasteiger partial charge is 0.478 e. The third kappa shape index (κ3) is 4.29. The maximum Gasteiger partial charge on any atom is 0.266 e. The van der Waals surface area contributed by atoms with E-state index < -0.39 is 6.10 Å². The summed E-state index contributed by atoms with van der Waals surface area (Å²) in [4.78, 5) is 28.2. The Labute approximate surface area is 169 Å². The van der Waals surface area contributed by atoms with Crippen molar-refractivity contribution < 1.29 is 19.2 Å². The number of carbonyl (C=O) groups is 2. The van der Waals surface area contributed by atoms with E-state index in [1.165, 1.54) is 10.5 Å². The highest BCUT2D eigenvalue weighted by Crippen LogP contribution is 2.29. The summed E-state index contributed by atoms with van der Waals surface area (Å²) in [7, 11) is 0. The molecule has 2 aliphatic heterocycles. The molecule has 146 valence electrons. The van der Waals surface area contributed by atoms with Gasteiger partial charge in [-0.1, -0.05) is 35.9 Å². The number of piperazine rings is 1. The van der Waals surface area contributed by atoms with E-state index in [0.29, 0.717) is 24.5 Å². The van der Waals surface area contributed by atoms with Gasteiger partial charge in [-0.25, -0.2) is 0 Å². The van der Waals surface area contributed by atoms with Crippen molar-refractivity contribution in [3.05, 3.63) is 59.1 Å². The van der Waals surface area contributed by atoms with Crippen LogP contribution in [0.1, 0.15) is 12.0 Å². The van der Waals surface area contributed by atoms with E-state index in [4.69, 9.17) is 16.3 Å². The average molecular weight is 401 g/mol. The number of quaternary nitrogens is 1. The quantitative estimate of drug-likeness (QED) is 0.814. The number of amides is 2. The number of nitrogens with zero attached hydrogens (tertiary/aromatic N) is 1. The second kappa shape index (κ2) is 8.20. The Morgan fingerprint density at radius 2 is 1.96 bits per heavy atom. The molecule has 1 fully saturated rings. The molecule has 2 amide bonds. The van der Waals surface area contributed by atoms with Crippen molar-refractivity contribution in [1.82, 2.24) is 4.90 Å². The summed E-state index contributed by atoms with van der Waals surface area (Å²) in [5.74, 6) is 0.300. The highest BCUT2D eigenvalue weighted by molar-refractivity contribution is 6.30. The second-order valence-electron chi connectivity index (χ2n) is 7.23. The van der Waals surface area contributed by atoms with Crippen LogP contribution in [0.4, 0.5) is 5.69 Å². The van der Waals surface area contributed by atoms with Crippen LogP contribution in [0.3, 0.4) is 0 Å². The zero-order chi connectivity index (χ0) is 19.5. The van der Waals surface area contributed by atoms with Gasteiger partial charge in [0.1, 0.15) is 12.3 Å². The van der Waals surface area contributed by atoms with Crippen LogP contribution in [-0.4, -0.2) is 49.0 Å². The number of para-hydroxylation sites is 2. The molecule has 2 heterocycles. The van der Waals surface area contributed by atoms with Crippen molar-refractivity contribution in [2.75, 3.05) is 31.5 Å². The van der Waals surface area contributed by atoms with Crippen LogP contribution in [0.15, 0.2) is 48.5 Å². The Bertz CT molecular complexity index is 881. The second-order valence-corrected chi connectivity index (χ2v) is 7.67. The van der Waals surface area contributed by atoms with Gasteiger partial charge in [-0.05, 0) is 24.3 Å². The predicted molar refractivity (Wildman–Crippen MR) is 107 cm³/mol. The fourth-order valence-electron chi connectivity index (χ4n) is 3.70. The van der Waals surface area contributed by atoms with Crippen molar-refractivity contribution in [2.45, 2.75) is 19.1 Å². The molecule has 0 unspecified atom stereocenters. The first-order chi connectivity index (χ1) is 13.6. The maximum atomic E-state index is 12.7. The van der Waals surface area contributed by atoms with Gasteiger partial charge in [0.25, 0.3) is 5.91 Å². The van der Waals surface area contributed by atoms with E-state index in [2.05, 4.69) is 11.4 Å². The van der Waals surface area contributed by atoms with Crippen LogP contribution in [0.5, 0.6) is 5.75 Å². The van der Waals surface area contributed by atoms with Gasteiger partial charge >= 0.3 is 0 Å². The minimum absolute atomic E-state index is 0.0404. The summed E-state index contributed by atoms with van der Waals surface area (Å²) in [6.07, 6.45) is -0.719. The number of hydrogen-bond acceptors (Lipinski definition) is 3. The van der Waals surface area contributed by atoms with Gasteiger partial charge in [-0.3, -0.25) is 9.59 Å². The lowest BCUT2D eigenvalue weighted by molar-refractivity contribution is -0.917. The number of nitrogens with one attached hydrogen (secondary N) is 2. The molecule has 0 saturated carbocycles. The summed E-state index contributed by atoms with van der Waals surface area (Å²) in [6.45, 7) is 4.00. The van der Waals surface area contributed by atoms with Gasteiger partial charge in [0, 0.05) is 10.6 Å². The zero-order valence-corrected chi connectivity index (χ0v) is 16.2. The molecule has 28 heavy (non-hydrogen) atoms. The fraction of sp³-hybridized carbons (Fsp3) is 0.333. The van der Waals surface area contributed by atoms with Crippen LogP contribution in [0.2, 0.25) is 5.02 Å². The summed E-state index contributed by atoms with van der Waals surface area (Å²) in [6, 6.07) is 15.2. The SMILES string of the molecule is O=C1Nc2ccccc2O[C@@H]1CC(=O)N1CC[NH+](Cc2cccc(Cl)c2)CC1. The highest BCUT2D eigenvalue weighted by atomic mass is 35.5. The molecule has 6 nitrogen and oxygen atoms in total. The minimum atomic E-state index is -0.778. The maximum absolute atomic E-state index is 12.7. The van der Waals surface area contributed by atoms with Crippen molar-refractivity contribution in [2.24, 2.45) is 0 Å². The highest BCUT2D eigenvalue weighted by Gasteiger charge is 2.32. The Kier molecular flexibility index (Phi) is 5.50. The van der Waals surface area contributed by atoms with E-state index in [0.717, 1.165) is 24.7 Å². The molecule has 0 aliphatic carbocycles. The zero-order valence-electron chi connectivity index (χ0n) is 15.5. The topological polar surface area (TPSA) is 63.1 Å². The third-order valence-corrected chi connectivity index (χ3v) is 5.47. The van der Waals surface area contributed by atoms with Crippen LogP contribution in [0.25, 0.3) is 0 Å². The number of hydrogen-bond donors (Lipinski definition) is 2. The minimum Gasteiger partial charge on any atom is -0.478 e. The molecule has 2 N–H and O–H groups in total. The molecule has 0 radical (unpaired) electrons. The molecule has 4 rings (SSSR count). The van der Waals surface area contributed by atoms with E-state index in [-0.39, 0.29) is 18.2 Å². The van der Waals surface area contributed by atoms with Crippen molar-refractivity contribution >= 4 is 29.1 Å². The fourth-order valence-corrected chi connectivity index (χ4v) is 3.91. The van der Waals surface area contributed by atoms with Crippen LogP contribution < -0.4 is 15.0 Å². The van der Waals surface area contributed by atoms with Crippen molar-refractivity contribution in [3.8, 4) is 5.75 Å². The molecule has 2 aromatic carbocycles. The average Bonchev–Trinajstić information content (AvgIpc) is 2.69. The van der Waals surface area contributed by atoms with Crippen LogP contribution >= 0.6 is 11.6 Å². The van der Waals surface area contributed by atoms with Crippen molar-refractivity contribution in [1.29, 1.82) is 0 Å². The van der Waals surface area contributed by atoms with E-state index in [1.54, 1.807) is 12.1 Å². The number of benzene rings is 2. The summed E-state index contributed by atoms with van der Waals surface area (Å²) in [5.41, 5.74) is 1.85. The number of rotatable bonds is 4. The lowest BCUT2D eigenvalue weighted by atomic mass is 10.1. The number of ether oxygens (including phenoxy) is 1. The van der Waals surface area contributed by atoms with Gasteiger partial charge in [-0.2, -0.15) is 0 Å². The van der Waals surface area contributed by atoms with Gasteiger partial charge in [0.05, 0.1) is 38.3 Å². The van der Waals surface area contributed by atoms with Gasteiger partial charge in [-0.15, -0.1) is 0 Å². The monoisotopic (exact) mass is 400 g/mol. The molecular formula is C21H23ClN3O3+. The number of anilines is 1. The molecule has 0 aromatic heterocycles. The molecule has 1 atom stereocenters. The van der Waals surface area contributed by atoms with Crippen LogP contribution in [0, 0.1) is 0 Å². The number of fused-ring (bicyclic) bond motifs is 1. The Morgan fingerprint density at radius 3 is 2.75 bits per heavy atom. The Balaban J connectivity index is 1.29. The number of halogens is 1. The molecule has 0 spiro atoms. The molecular weight excluding hydrogens is 378 g/mol. The normalized spacial score (nSPS) is 19.5. The molecule has 7 heteroatoms. The van der Waals surface area contributed by atoms with Crippen molar-refractivity contribution in [3.63, 3.8) is 0 Å². The Hall–Kier alpha value is -2.57. The molecule has 1 saturated heterocycles. The van der Waals surface area contributed by atoms with Gasteiger partial charge in [0.2, 0.25) is 5.91 Å². The molecule has 0 bridgehead atoms. The van der Waals surface area contributed by atoms with E-state index >= 15 is 0 Å². The van der Waals surface area contributed by atoms with E-state index in [9.17, 15) is 9.59 Å². The summed E-state index contributed by atoms with van der Waals surface area (Å²) in [5, 5.41) is 3.56. The van der Waals surface area contributed by atoms with E-state index in [1.807, 2.05) is 35.2 Å². The smallest absolute Gasteiger partial charge is 0.266 e. The van der Waals surface area contributed by atoms with Gasteiger partial charge in [0.15, 0.2) is 6.10 Å². The van der Waals surface area contributed by atoms with Crippen LogP contribution in [-0.2, 0) is 16.1 Å². The Morgan fingerprint density at radius 1 is 1.18 bits per heavy atom.